The van der Waals surface area contributed by atoms with Crippen molar-refractivity contribution < 1.29 is 4.74 Å². The van der Waals surface area contributed by atoms with E-state index in [2.05, 4.69) is 4.99 Å². The van der Waals surface area contributed by atoms with Gasteiger partial charge in [-0.05, 0) is 6.42 Å². The molecule has 2 atom stereocenters. The summed E-state index contributed by atoms with van der Waals surface area (Å²) in [6.45, 7) is 0.946. The molecule has 0 aromatic carbocycles. The Labute approximate surface area is 65.1 Å². The van der Waals surface area contributed by atoms with Crippen molar-refractivity contribution in [1.82, 2.24) is 4.90 Å². The van der Waals surface area contributed by atoms with E-state index in [0.29, 0.717) is 6.10 Å². The molecule has 0 unspecified atom stereocenters. The molecule has 58 valence electrons. The third-order valence-electron chi connectivity index (χ3n) is 2.14. The standard InChI is InChI=1S/C7H9N3O/c1-10-3-2-5-6(11-5)7(10)9-4-8/h5-6H,2-3H2,1H3/t5-,6-/m0/s1. The van der Waals surface area contributed by atoms with Gasteiger partial charge in [0.1, 0.15) is 11.9 Å². The van der Waals surface area contributed by atoms with Gasteiger partial charge in [-0.25, -0.2) is 0 Å². The number of piperidine rings is 1. The summed E-state index contributed by atoms with van der Waals surface area (Å²) in [7, 11) is 1.94. The van der Waals surface area contributed by atoms with Crippen LogP contribution in [0.3, 0.4) is 0 Å². The first-order valence-corrected chi connectivity index (χ1v) is 3.66. The molecular weight excluding hydrogens is 142 g/mol. The molecule has 0 radical (unpaired) electrons. The monoisotopic (exact) mass is 151 g/mol. The van der Waals surface area contributed by atoms with E-state index in [1.165, 1.54) is 0 Å². The van der Waals surface area contributed by atoms with Gasteiger partial charge in [0.2, 0.25) is 6.19 Å². The first-order valence-electron chi connectivity index (χ1n) is 3.66. The summed E-state index contributed by atoms with van der Waals surface area (Å²) in [5.41, 5.74) is 0. The molecule has 4 nitrogen and oxygen atoms in total. The summed E-state index contributed by atoms with van der Waals surface area (Å²) >= 11 is 0. The highest BCUT2D eigenvalue weighted by Crippen LogP contribution is 2.31. The number of hydrogen-bond acceptors (Lipinski definition) is 3. The second-order valence-electron chi connectivity index (χ2n) is 2.88. The molecule has 2 aliphatic heterocycles. The molecule has 0 aliphatic carbocycles. The van der Waals surface area contributed by atoms with Gasteiger partial charge in [-0.1, -0.05) is 0 Å². The lowest BCUT2D eigenvalue weighted by Crippen LogP contribution is -2.37. The zero-order valence-electron chi connectivity index (χ0n) is 6.32. The van der Waals surface area contributed by atoms with Gasteiger partial charge >= 0.3 is 0 Å². The number of amidine groups is 1. The maximum Gasteiger partial charge on any atom is 0.207 e. The van der Waals surface area contributed by atoms with Gasteiger partial charge in [0.15, 0.2) is 0 Å². The SMILES string of the molecule is CN1CC[C@@H]2O[C@@H]2C1=NC#N. The van der Waals surface area contributed by atoms with E-state index in [9.17, 15) is 0 Å². The Bertz CT molecular complexity index is 239. The van der Waals surface area contributed by atoms with Gasteiger partial charge in [0.05, 0.1) is 6.10 Å². The lowest BCUT2D eigenvalue weighted by Gasteiger charge is -2.21. The summed E-state index contributed by atoms with van der Waals surface area (Å²) in [6.07, 6.45) is 3.32. The van der Waals surface area contributed by atoms with Crippen LogP contribution in [0.1, 0.15) is 6.42 Å². The highest BCUT2D eigenvalue weighted by Gasteiger charge is 2.47. The lowest BCUT2D eigenvalue weighted by atomic mass is 10.1. The quantitative estimate of drug-likeness (QED) is 0.361. The van der Waals surface area contributed by atoms with Crippen molar-refractivity contribution >= 4 is 5.84 Å². The number of hydrogen-bond donors (Lipinski definition) is 0. The van der Waals surface area contributed by atoms with Crippen molar-refractivity contribution in [2.75, 3.05) is 13.6 Å². The van der Waals surface area contributed by atoms with Gasteiger partial charge < -0.3 is 9.64 Å². The third-order valence-corrected chi connectivity index (χ3v) is 2.14. The maximum absolute atomic E-state index is 8.35. The molecule has 11 heavy (non-hydrogen) atoms. The van der Waals surface area contributed by atoms with E-state index in [1.54, 1.807) is 6.19 Å². The Kier molecular flexibility index (Phi) is 1.33. The van der Waals surface area contributed by atoms with Crippen LogP contribution in [0.25, 0.3) is 0 Å². The molecule has 4 heteroatoms. The highest BCUT2D eigenvalue weighted by molar-refractivity contribution is 5.90. The van der Waals surface area contributed by atoms with E-state index < -0.39 is 0 Å². The number of aliphatic imine (C=N–C) groups is 1. The molecule has 2 aliphatic rings. The van der Waals surface area contributed by atoms with Gasteiger partial charge in [0.25, 0.3) is 0 Å². The summed E-state index contributed by atoms with van der Waals surface area (Å²) in [5, 5.41) is 8.35. The fourth-order valence-corrected chi connectivity index (χ4v) is 1.44. The first kappa shape index (κ1) is 6.62. The molecule has 2 saturated heterocycles. The molecule has 0 saturated carbocycles. The number of fused-ring (bicyclic) bond motifs is 1. The number of nitrogens with zero attached hydrogens (tertiary/aromatic N) is 3. The number of likely N-dealkylation sites (tertiary alicyclic amines) is 1. The Morgan fingerprint density at radius 2 is 2.64 bits per heavy atom. The molecule has 2 fully saturated rings. The van der Waals surface area contributed by atoms with Crippen molar-refractivity contribution in [2.45, 2.75) is 18.6 Å². The van der Waals surface area contributed by atoms with E-state index in [0.717, 1.165) is 18.8 Å². The lowest BCUT2D eigenvalue weighted by molar-refractivity contribution is 0.386. The van der Waals surface area contributed by atoms with Crippen LogP contribution in [0.5, 0.6) is 0 Å². The number of nitriles is 1. The van der Waals surface area contributed by atoms with E-state index in [4.69, 9.17) is 10.00 Å². The average molecular weight is 151 g/mol. The average Bonchev–Trinajstić information content (AvgIpc) is 2.74. The summed E-state index contributed by atoms with van der Waals surface area (Å²) in [4.78, 5) is 5.69. The number of epoxide rings is 1. The molecule has 2 heterocycles. The Morgan fingerprint density at radius 1 is 1.82 bits per heavy atom. The number of ether oxygens (including phenoxy) is 1. The van der Waals surface area contributed by atoms with Crippen LogP contribution in [0.15, 0.2) is 4.99 Å². The van der Waals surface area contributed by atoms with Crippen LogP contribution < -0.4 is 0 Å². The zero-order valence-corrected chi connectivity index (χ0v) is 6.32. The minimum Gasteiger partial charge on any atom is -0.361 e. The van der Waals surface area contributed by atoms with Gasteiger partial charge in [-0.2, -0.15) is 10.3 Å². The van der Waals surface area contributed by atoms with Crippen LogP contribution in [-0.4, -0.2) is 36.5 Å². The number of likely N-dealkylation sites (N-methyl/N-ethyl adjacent to an activating group) is 1. The maximum atomic E-state index is 8.35. The first-order chi connectivity index (χ1) is 5.33. The molecule has 0 aromatic rings. The third kappa shape index (κ3) is 0.976. The van der Waals surface area contributed by atoms with Crippen LogP contribution in [0.2, 0.25) is 0 Å². The molecule has 0 aromatic heterocycles. The molecule has 0 N–H and O–H groups in total. The van der Waals surface area contributed by atoms with E-state index in [-0.39, 0.29) is 6.10 Å². The molecule has 0 bridgehead atoms. The molecule has 0 amide bonds. The fourth-order valence-electron chi connectivity index (χ4n) is 1.44. The molecule has 2 rings (SSSR count). The number of rotatable bonds is 0. The normalized spacial score (nSPS) is 38.2. The smallest absolute Gasteiger partial charge is 0.207 e. The van der Waals surface area contributed by atoms with Gasteiger partial charge in [0, 0.05) is 13.6 Å². The Hall–Kier alpha value is -1.08. The van der Waals surface area contributed by atoms with E-state index in [1.807, 2.05) is 11.9 Å². The largest absolute Gasteiger partial charge is 0.361 e. The van der Waals surface area contributed by atoms with Gasteiger partial charge in [-0.3, -0.25) is 0 Å². The zero-order chi connectivity index (χ0) is 7.84. The van der Waals surface area contributed by atoms with Crippen molar-refractivity contribution in [2.24, 2.45) is 4.99 Å². The van der Waals surface area contributed by atoms with Crippen LogP contribution in [-0.2, 0) is 4.74 Å². The van der Waals surface area contributed by atoms with Crippen molar-refractivity contribution in [3.63, 3.8) is 0 Å². The summed E-state index contributed by atoms with van der Waals surface area (Å²) in [6, 6.07) is 0. The second kappa shape index (κ2) is 2.21. The minimum atomic E-state index is 0.119. The van der Waals surface area contributed by atoms with Gasteiger partial charge in [-0.15, -0.1) is 0 Å². The van der Waals surface area contributed by atoms with Crippen LogP contribution in [0, 0.1) is 11.5 Å². The van der Waals surface area contributed by atoms with Crippen LogP contribution >= 0.6 is 0 Å². The molecular formula is C7H9N3O. The fraction of sp³-hybridized carbons (Fsp3) is 0.714. The van der Waals surface area contributed by atoms with Crippen molar-refractivity contribution in [3.8, 4) is 6.19 Å². The summed E-state index contributed by atoms with van der Waals surface area (Å²) < 4.78 is 5.29. The highest BCUT2D eigenvalue weighted by atomic mass is 16.6. The van der Waals surface area contributed by atoms with Crippen LogP contribution in [0.4, 0.5) is 0 Å². The van der Waals surface area contributed by atoms with Crippen molar-refractivity contribution in [3.05, 3.63) is 0 Å². The summed E-state index contributed by atoms with van der Waals surface area (Å²) in [5.74, 6) is 0.795. The van der Waals surface area contributed by atoms with E-state index >= 15 is 0 Å². The molecule has 0 spiro atoms. The predicted octanol–water partition coefficient (Wildman–Crippen LogP) is -0.0311. The Morgan fingerprint density at radius 3 is 3.36 bits per heavy atom. The predicted molar refractivity (Wildman–Crippen MR) is 39.0 cm³/mol. The topological polar surface area (TPSA) is 51.9 Å². The minimum absolute atomic E-state index is 0.119. The Balaban J connectivity index is 2.17. The van der Waals surface area contributed by atoms with Crippen molar-refractivity contribution in [1.29, 1.82) is 5.26 Å². The second-order valence-corrected chi connectivity index (χ2v) is 2.88.